The summed E-state index contributed by atoms with van der Waals surface area (Å²) in [6.45, 7) is 0.209. The number of carbonyl (C=O) groups excluding carboxylic acids is 2. The molecule has 0 N–H and O–H groups in total. The molecule has 152 valence electrons. The van der Waals surface area contributed by atoms with Crippen LogP contribution in [0, 0.1) is 23.7 Å². The first kappa shape index (κ1) is 18.1. The zero-order valence-electron chi connectivity index (χ0n) is 16.8. The molecule has 2 heterocycles. The van der Waals surface area contributed by atoms with E-state index < -0.39 is 0 Å². The van der Waals surface area contributed by atoms with Gasteiger partial charge in [-0.2, -0.15) is 0 Å². The number of imide groups is 1. The maximum absolute atomic E-state index is 13.4. The van der Waals surface area contributed by atoms with Crippen LogP contribution in [0.3, 0.4) is 0 Å². The van der Waals surface area contributed by atoms with Crippen LogP contribution in [0.4, 0.5) is 0 Å². The molecule has 3 aromatic rings. The van der Waals surface area contributed by atoms with Gasteiger partial charge in [-0.05, 0) is 34.4 Å². The van der Waals surface area contributed by atoms with Crippen molar-refractivity contribution >= 4 is 17.4 Å². The second-order valence-electron chi connectivity index (χ2n) is 8.39. The monoisotopic (exact) mass is 407 g/mol. The number of amides is 2. The van der Waals surface area contributed by atoms with Crippen LogP contribution in [-0.2, 0) is 16.1 Å². The Bertz CT molecular complexity index is 1130. The average Bonchev–Trinajstić information content (AvgIpc) is 3.58. The molecule has 1 saturated carbocycles. The molecule has 4 atom stereocenters. The van der Waals surface area contributed by atoms with Gasteiger partial charge in [0.25, 0.3) is 0 Å². The van der Waals surface area contributed by atoms with Crippen molar-refractivity contribution in [1.82, 2.24) is 4.90 Å². The minimum absolute atomic E-state index is 0.0523. The summed E-state index contributed by atoms with van der Waals surface area (Å²) in [6.07, 6.45) is 5.84. The van der Waals surface area contributed by atoms with Gasteiger partial charge in [-0.1, -0.05) is 72.8 Å². The van der Waals surface area contributed by atoms with Gasteiger partial charge in [0.05, 0.1) is 24.6 Å². The summed E-state index contributed by atoms with van der Waals surface area (Å²) in [5, 5.41) is 0. The van der Waals surface area contributed by atoms with Crippen molar-refractivity contribution in [2.75, 3.05) is 0 Å². The minimum Gasteiger partial charge on any atom is -0.467 e. The Labute approximate surface area is 180 Å². The number of nitrogens with zero attached hydrogens (tertiary/aromatic N) is 1. The number of fused-ring (bicyclic) bond motifs is 5. The summed E-state index contributed by atoms with van der Waals surface area (Å²) in [5.41, 5.74) is 4.59. The molecule has 6 rings (SSSR count). The Morgan fingerprint density at radius 1 is 0.742 bits per heavy atom. The van der Waals surface area contributed by atoms with Gasteiger partial charge in [-0.15, -0.1) is 0 Å². The van der Waals surface area contributed by atoms with E-state index in [9.17, 15) is 9.59 Å². The molecular formula is C27H21NO3. The van der Waals surface area contributed by atoms with Crippen molar-refractivity contribution in [3.63, 3.8) is 0 Å². The van der Waals surface area contributed by atoms with Crippen molar-refractivity contribution in [3.05, 3.63) is 114 Å². The van der Waals surface area contributed by atoms with Crippen molar-refractivity contribution in [2.24, 2.45) is 23.7 Å². The Balaban J connectivity index is 1.45. The Hall–Kier alpha value is -3.66. The van der Waals surface area contributed by atoms with Crippen LogP contribution in [0.15, 0.2) is 101 Å². The standard InChI is InChI=1S/C27H21NO3/c29-26-24-20-13-14-21(25(24)27(30)28(26)16-19-12-7-15-31-19)23(20)22(17-8-3-1-4-9-17)18-10-5-2-6-11-18/h1-15,20-21,24-25H,16H2/t20-,21+,24+,25-. The first-order valence-corrected chi connectivity index (χ1v) is 10.6. The van der Waals surface area contributed by atoms with Crippen LogP contribution >= 0.6 is 0 Å². The summed E-state index contributed by atoms with van der Waals surface area (Å²) >= 11 is 0. The molecule has 2 bridgehead atoms. The van der Waals surface area contributed by atoms with Crippen LogP contribution in [0.2, 0.25) is 0 Å². The Morgan fingerprint density at radius 3 is 1.77 bits per heavy atom. The minimum atomic E-state index is -0.324. The lowest BCUT2D eigenvalue weighted by Crippen LogP contribution is -2.32. The van der Waals surface area contributed by atoms with Crippen molar-refractivity contribution in [3.8, 4) is 0 Å². The summed E-state index contributed by atoms with van der Waals surface area (Å²) in [6, 6.07) is 24.2. The van der Waals surface area contributed by atoms with Gasteiger partial charge in [0, 0.05) is 11.8 Å². The highest BCUT2D eigenvalue weighted by Gasteiger charge is 2.62. The fraction of sp³-hybridized carbons (Fsp3) is 0.185. The van der Waals surface area contributed by atoms with Crippen LogP contribution in [0.25, 0.3) is 5.57 Å². The maximum atomic E-state index is 13.4. The maximum Gasteiger partial charge on any atom is 0.234 e. The van der Waals surface area contributed by atoms with E-state index in [2.05, 4.69) is 36.4 Å². The molecule has 2 fully saturated rings. The van der Waals surface area contributed by atoms with Crippen molar-refractivity contribution < 1.29 is 14.0 Å². The predicted octanol–water partition coefficient (Wildman–Crippen LogP) is 4.70. The molecule has 4 heteroatoms. The Kier molecular flexibility index (Phi) is 4.06. The van der Waals surface area contributed by atoms with E-state index in [1.807, 2.05) is 36.4 Å². The van der Waals surface area contributed by atoms with E-state index in [0.29, 0.717) is 5.76 Å². The molecule has 2 amide bonds. The first-order valence-electron chi connectivity index (χ1n) is 10.6. The normalized spacial score (nSPS) is 26.1. The smallest absolute Gasteiger partial charge is 0.234 e. The molecule has 1 saturated heterocycles. The van der Waals surface area contributed by atoms with Crippen LogP contribution < -0.4 is 0 Å². The number of benzene rings is 2. The second-order valence-corrected chi connectivity index (χ2v) is 8.39. The number of allylic oxidation sites excluding steroid dienone is 3. The number of carbonyl (C=O) groups is 2. The van der Waals surface area contributed by atoms with Gasteiger partial charge in [0.15, 0.2) is 0 Å². The number of hydrogen-bond donors (Lipinski definition) is 0. The number of hydrogen-bond acceptors (Lipinski definition) is 3. The van der Waals surface area contributed by atoms with Crippen LogP contribution in [-0.4, -0.2) is 16.7 Å². The molecule has 2 aliphatic carbocycles. The van der Waals surface area contributed by atoms with E-state index in [1.54, 1.807) is 18.4 Å². The lowest BCUT2D eigenvalue weighted by Gasteiger charge is -2.21. The highest BCUT2D eigenvalue weighted by Crippen LogP contribution is 2.58. The largest absolute Gasteiger partial charge is 0.467 e. The van der Waals surface area contributed by atoms with E-state index in [0.717, 1.165) is 16.7 Å². The highest BCUT2D eigenvalue weighted by atomic mass is 16.3. The lowest BCUT2D eigenvalue weighted by atomic mass is 9.85. The fourth-order valence-corrected chi connectivity index (χ4v) is 5.58. The third kappa shape index (κ3) is 2.68. The summed E-state index contributed by atoms with van der Waals surface area (Å²) in [5.74, 6) is -0.286. The summed E-state index contributed by atoms with van der Waals surface area (Å²) in [4.78, 5) is 28.1. The Morgan fingerprint density at radius 2 is 1.29 bits per heavy atom. The van der Waals surface area contributed by atoms with Crippen LogP contribution in [0.1, 0.15) is 16.9 Å². The van der Waals surface area contributed by atoms with Gasteiger partial charge in [0.2, 0.25) is 11.8 Å². The zero-order chi connectivity index (χ0) is 20.9. The quantitative estimate of drug-likeness (QED) is 0.465. The molecule has 2 aromatic carbocycles. The molecule has 31 heavy (non-hydrogen) atoms. The number of furan rings is 1. The van der Waals surface area contributed by atoms with Crippen molar-refractivity contribution in [1.29, 1.82) is 0 Å². The molecule has 0 radical (unpaired) electrons. The molecule has 0 spiro atoms. The number of rotatable bonds is 4. The van der Waals surface area contributed by atoms with Gasteiger partial charge < -0.3 is 4.42 Å². The van der Waals surface area contributed by atoms with Gasteiger partial charge in [-0.25, -0.2) is 0 Å². The zero-order valence-corrected chi connectivity index (χ0v) is 16.8. The first-order chi connectivity index (χ1) is 15.2. The van der Waals surface area contributed by atoms with E-state index in [1.165, 1.54) is 10.5 Å². The average molecular weight is 407 g/mol. The van der Waals surface area contributed by atoms with Crippen LogP contribution in [0.5, 0.6) is 0 Å². The summed E-state index contributed by atoms with van der Waals surface area (Å²) in [7, 11) is 0. The highest BCUT2D eigenvalue weighted by molar-refractivity contribution is 6.08. The second kappa shape index (κ2) is 6.95. The molecule has 4 nitrogen and oxygen atoms in total. The summed E-state index contributed by atoms with van der Waals surface area (Å²) < 4.78 is 5.39. The van der Waals surface area contributed by atoms with Crippen molar-refractivity contribution in [2.45, 2.75) is 6.54 Å². The molecule has 1 aromatic heterocycles. The molecular weight excluding hydrogens is 386 g/mol. The van der Waals surface area contributed by atoms with E-state index in [-0.39, 0.29) is 42.0 Å². The SMILES string of the molecule is O=C1[C@@H]2[C@H](C(=O)N1Cc1ccco1)[C@H]1C=C[C@@H]2C1=C(c1ccccc1)c1ccccc1. The lowest BCUT2D eigenvalue weighted by molar-refractivity contribution is -0.141. The van der Waals surface area contributed by atoms with E-state index in [4.69, 9.17) is 4.42 Å². The van der Waals surface area contributed by atoms with Gasteiger partial charge in [-0.3, -0.25) is 14.5 Å². The third-order valence-electron chi connectivity index (χ3n) is 6.81. The fourth-order valence-electron chi connectivity index (χ4n) is 5.58. The third-order valence-corrected chi connectivity index (χ3v) is 6.81. The number of likely N-dealkylation sites (tertiary alicyclic amines) is 1. The van der Waals surface area contributed by atoms with Gasteiger partial charge >= 0.3 is 0 Å². The predicted molar refractivity (Wildman–Crippen MR) is 116 cm³/mol. The van der Waals surface area contributed by atoms with E-state index >= 15 is 0 Å². The molecule has 1 aliphatic heterocycles. The molecule has 0 unspecified atom stereocenters. The molecule has 3 aliphatic rings. The topological polar surface area (TPSA) is 50.5 Å². The van der Waals surface area contributed by atoms with Gasteiger partial charge in [0.1, 0.15) is 5.76 Å².